The van der Waals surface area contributed by atoms with E-state index in [0.29, 0.717) is 36.4 Å². The molecule has 6 nitrogen and oxygen atoms in total. The second-order valence-electron chi connectivity index (χ2n) is 9.09. The van der Waals surface area contributed by atoms with Crippen LogP contribution in [0.15, 0.2) is 67.1 Å². The van der Waals surface area contributed by atoms with Crippen molar-refractivity contribution in [3.05, 3.63) is 89.9 Å². The molecule has 5 aromatic rings. The van der Waals surface area contributed by atoms with Crippen molar-refractivity contribution in [2.45, 2.75) is 19.4 Å². The highest BCUT2D eigenvalue weighted by Crippen LogP contribution is 2.26. The lowest BCUT2D eigenvalue weighted by Gasteiger charge is -2.10. The van der Waals surface area contributed by atoms with Crippen molar-refractivity contribution in [2.75, 3.05) is 20.6 Å². The average molecular weight is 486 g/mol. The molecule has 3 aromatic heterocycles. The molecule has 2 aromatic carbocycles. The maximum Gasteiger partial charge on any atom is 0.168 e. The number of benzene rings is 2. The Labute approximate surface area is 207 Å². The van der Waals surface area contributed by atoms with Crippen molar-refractivity contribution in [3.63, 3.8) is 0 Å². The van der Waals surface area contributed by atoms with Gasteiger partial charge in [-0.1, -0.05) is 12.1 Å². The van der Waals surface area contributed by atoms with Crippen molar-refractivity contribution in [2.24, 2.45) is 0 Å². The van der Waals surface area contributed by atoms with Gasteiger partial charge >= 0.3 is 0 Å². The van der Waals surface area contributed by atoms with Gasteiger partial charge in [0, 0.05) is 23.6 Å². The maximum atomic E-state index is 14.9. The second kappa shape index (κ2) is 9.91. The topological polar surface area (TPSA) is 63.9 Å². The Balaban J connectivity index is 1.43. The summed E-state index contributed by atoms with van der Waals surface area (Å²) in [6, 6.07) is 15.7. The lowest BCUT2D eigenvalue weighted by molar-refractivity contribution is 0.0969. The SMILES string of the molecule is CN(C)CCCC(=O)c1c(F)cc(-c2ccc3ncn(Cc4ccc5ncccc5c4)c3n2)cc1F. The predicted octanol–water partition coefficient (Wildman–Crippen LogP) is 5.50. The van der Waals surface area contributed by atoms with Crippen LogP contribution in [0.5, 0.6) is 0 Å². The molecule has 3 heterocycles. The lowest BCUT2D eigenvalue weighted by atomic mass is 10.0. The highest BCUT2D eigenvalue weighted by Gasteiger charge is 2.20. The third-order valence-electron chi connectivity index (χ3n) is 6.11. The fourth-order valence-electron chi connectivity index (χ4n) is 4.30. The van der Waals surface area contributed by atoms with Crippen LogP contribution < -0.4 is 0 Å². The zero-order valence-corrected chi connectivity index (χ0v) is 20.1. The molecule has 0 aliphatic rings. The number of pyridine rings is 2. The van der Waals surface area contributed by atoms with Crippen molar-refractivity contribution in [1.82, 2.24) is 24.4 Å². The molecule has 182 valence electrons. The second-order valence-corrected chi connectivity index (χ2v) is 9.09. The largest absolute Gasteiger partial charge is 0.311 e. The molecule has 0 saturated carbocycles. The monoisotopic (exact) mass is 485 g/mol. The predicted molar refractivity (Wildman–Crippen MR) is 136 cm³/mol. The maximum absolute atomic E-state index is 14.9. The molecular weight excluding hydrogens is 460 g/mol. The number of hydrogen-bond acceptors (Lipinski definition) is 5. The number of hydrogen-bond donors (Lipinski definition) is 0. The molecule has 0 amide bonds. The fourth-order valence-corrected chi connectivity index (χ4v) is 4.30. The zero-order valence-electron chi connectivity index (χ0n) is 20.1. The number of carbonyl (C=O) groups is 1. The van der Waals surface area contributed by atoms with Crippen LogP contribution in [0.2, 0.25) is 0 Å². The molecule has 5 rings (SSSR count). The summed E-state index contributed by atoms with van der Waals surface area (Å²) >= 11 is 0. The Morgan fingerprint density at radius 2 is 1.75 bits per heavy atom. The molecule has 36 heavy (non-hydrogen) atoms. The van der Waals surface area contributed by atoms with Crippen LogP contribution in [0.25, 0.3) is 33.3 Å². The molecule has 0 bridgehead atoms. The number of fused-ring (bicyclic) bond motifs is 2. The third-order valence-corrected chi connectivity index (χ3v) is 6.11. The van der Waals surface area contributed by atoms with E-state index in [1.165, 1.54) is 12.1 Å². The van der Waals surface area contributed by atoms with Crippen LogP contribution in [0.3, 0.4) is 0 Å². The Bertz CT molecular complexity index is 1550. The Morgan fingerprint density at radius 3 is 2.53 bits per heavy atom. The molecule has 0 spiro atoms. The van der Waals surface area contributed by atoms with Gasteiger partial charge in [0.1, 0.15) is 17.2 Å². The Hall–Kier alpha value is -4.04. The molecule has 0 fully saturated rings. The molecule has 8 heteroatoms. The van der Waals surface area contributed by atoms with Gasteiger partial charge in [-0.25, -0.2) is 18.7 Å². The molecule has 0 aliphatic heterocycles. The number of halogens is 2. The quantitative estimate of drug-likeness (QED) is 0.272. The molecular formula is C28H25F2N5O. The minimum atomic E-state index is -0.875. The molecule has 0 saturated heterocycles. The Morgan fingerprint density at radius 1 is 0.972 bits per heavy atom. The summed E-state index contributed by atoms with van der Waals surface area (Å²) in [6.45, 7) is 1.20. The van der Waals surface area contributed by atoms with E-state index >= 15 is 0 Å². The first-order valence-corrected chi connectivity index (χ1v) is 11.7. The van der Waals surface area contributed by atoms with E-state index < -0.39 is 23.0 Å². The molecule has 0 aliphatic carbocycles. The minimum absolute atomic E-state index is 0.0829. The van der Waals surface area contributed by atoms with Crippen LogP contribution in [0.4, 0.5) is 8.78 Å². The average Bonchev–Trinajstić information content (AvgIpc) is 3.25. The van der Waals surface area contributed by atoms with Gasteiger partial charge in [-0.15, -0.1) is 0 Å². The van der Waals surface area contributed by atoms with Gasteiger partial charge in [-0.2, -0.15) is 0 Å². The van der Waals surface area contributed by atoms with Crippen LogP contribution in [0, 0.1) is 11.6 Å². The van der Waals surface area contributed by atoms with Crippen molar-refractivity contribution in [1.29, 1.82) is 0 Å². The van der Waals surface area contributed by atoms with Crippen molar-refractivity contribution < 1.29 is 13.6 Å². The number of aromatic nitrogens is 4. The van der Waals surface area contributed by atoms with E-state index in [1.54, 1.807) is 24.7 Å². The molecule has 0 unspecified atom stereocenters. The number of Topliss-reactive ketones (excluding diaryl/α,β-unsaturated/α-hetero) is 1. The highest BCUT2D eigenvalue weighted by atomic mass is 19.1. The van der Waals surface area contributed by atoms with Gasteiger partial charge in [-0.3, -0.25) is 9.78 Å². The number of carbonyl (C=O) groups excluding carboxylic acids is 1. The summed E-state index contributed by atoms with van der Waals surface area (Å²) in [7, 11) is 3.77. The van der Waals surface area contributed by atoms with Gasteiger partial charge in [0.25, 0.3) is 0 Å². The van der Waals surface area contributed by atoms with Crippen LogP contribution in [0.1, 0.15) is 28.8 Å². The summed E-state index contributed by atoms with van der Waals surface area (Å²) in [5.74, 6) is -2.29. The lowest BCUT2D eigenvalue weighted by Crippen LogP contribution is -2.15. The van der Waals surface area contributed by atoms with Crippen molar-refractivity contribution in [3.8, 4) is 11.3 Å². The zero-order chi connectivity index (χ0) is 25.2. The summed E-state index contributed by atoms with van der Waals surface area (Å²) in [5, 5.41) is 1.04. The summed E-state index contributed by atoms with van der Waals surface area (Å²) in [4.78, 5) is 27.8. The van der Waals surface area contributed by atoms with Gasteiger partial charge in [0.05, 0.1) is 29.6 Å². The first-order valence-electron chi connectivity index (χ1n) is 11.7. The van der Waals surface area contributed by atoms with E-state index in [9.17, 15) is 13.6 Å². The molecule has 0 atom stereocenters. The van der Waals surface area contributed by atoms with Crippen LogP contribution in [-0.2, 0) is 6.54 Å². The van der Waals surface area contributed by atoms with E-state index in [-0.39, 0.29) is 12.0 Å². The number of nitrogens with zero attached hydrogens (tertiary/aromatic N) is 5. The van der Waals surface area contributed by atoms with E-state index in [0.717, 1.165) is 16.5 Å². The van der Waals surface area contributed by atoms with Gasteiger partial charge in [0.15, 0.2) is 11.4 Å². The highest BCUT2D eigenvalue weighted by molar-refractivity contribution is 5.97. The van der Waals surface area contributed by atoms with E-state index in [2.05, 4.69) is 21.0 Å². The van der Waals surface area contributed by atoms with Crippen LogP contribution >= 0.6 is 0 Å². The smallest absolute Gasteiger partial charge is 0.168 e. The van der Waals surface area contributed by atoms with Crippen LogP contribution in [-0.4, -0.2) is 50.8 Å². The fraction of sp³-hybridized carbons (Fsp3) is 0.214. The van der Waals surface area contributed by atoms with E-state index in [1.807, 2.05) is 47.8 Å². The summed E-state index contributed by atoms with van der Waals surface area (Å²) in [6.07, 6.45) is 4.07. The third kappa shape index (κ3) is 4.85. The van der Waals surface area contributed by atoms with Crippen molar-refractivity contribution >= 4 is 27.9 Å². The normalized spacial score (nSPS) is 11.6. The van der Waals surface area contributed by atoms with Gasteiger partial charge in [0.2, 0.25) is 0 Å². The van der Waals surface area contributed by atoms with Gasteiger partial charge < -0.3 is 9.47 Å². The Kier molecular flexibility index (Phi) is 6.52. The first-order chi connectivity index (χ1) is 17.4. The number of ketones is 1. The standard InChI is InChI=1S/C28H25F2N5O/c1-34(2)12-4-6-26(36)27-21(29)14-20(15-22(27)30)24-9-10-25-28(33-24)35(17-32-25)16-18-7-8-23-19(13-18)5-3-11-31-23/h3,5,7-11,13-15,17H,4,6,12,16H2,1-2H3. The molecule has 0 N–H and O–H groups in total. The minimum Gasteiger partial charge on any atom is -0.311 e. The molecule has 0 radical (unpaired) electrons. The van der Waals surface area contributed by atoms with E-state index in [4.69, 9.17) is 0 Å². The van der Waals surface area contributed by atoms with Gasteiger partial charge in [-0.05, 0) is 75.1 Å². The number of rotatable bonds is 8. The summed E-state index contributed by atoms with van der Waals surface area (Å²) < 4.78 is 31.6. The first kappa shape index (κ1) is 23.7. The summed E-state index contributed by atoms with van der Waals surface area (Å²) in [5.41, 5.74) is 3.42. The number of imidazole rings is 1.